The second-order valence-corrected chi connectivity index (χ2v) is 9.83. The molecule has 1 heterocycles. The molecule has 256 valence electrons. The zero-order valence-electron chi connectivity index (χ0n) is 30.6. The number of hydrogen-bond donors (Lipinski definition) is 1. The molecule has 0 aromatic heterocycles. The first kappa shape index (κ1) is 41.0. The molecule has 1 aliphatic heterocycles. The summed E-state index contributed by atoms with van der Waals surface area (Å²) in [7, 11) is 0. The predicted molar refractivity (Wildman–Crippen MR) is 196 cm³/mol. The molecule has 0 bridgehead atoms. The van der Waals surface area contributed by atoms with Gasteiger partial charge in [0.2, 0.25) is 0 Å². The molecule has 7 nitrogen and oxygen atoms in total. The van der Waals surface area contributed by atoms with Gasteiger partial charge in [0.15, 0.2) is 5.78 Å². The highest BCUT2D eigenvalue weighted by Gasteiger charge is 2.27. The fourth-order valence-electron chi connectivity index (χ4n) is 4.84. The highest BCUT2D eigenvalue weighted by atomic mass is 16.5. The SMILES string of the molecule is CC.CC.CC.CC.Cc1cccc2c1CC(=O)c1cccc(C)c1OC(=O)c1cccc(C)c1NC(=O)c1cccc(C)c1OC2=O. The van der Waals surface area contributed by atoms with E-state index in [0.717, 1.165) is 5.56 Å². The Morgan fingerprint density at radius 2 is 0.875 bits per heavy atom. The number of nitrogens with one attached hydrogen (secondary N) is 1. The Labute approximate surface area is 286 Å². The number of hydrogen-bond acceptors (Lipinski definition) is 6. The van der Waals surface area contributed by atoms with Gasteiger partial charge in [-0.05, 0) is 79.8 Å². The van der Waals surface area contributed by atoms with Gasteiger partial charge >= 0.3 is 11.9 Å². The minimum atomic E-state index is -0.720. The van der Waals surface area contributed by atoms with E-state index in [4.69, 9.17) is 9.47 Å². The van der Waals surface area contributed by atoms with Gasteiger partial charge in [-0.15, -0.1) is 0 Å². The molecule has 4 aromatic carbocycles. The summed E-state index contributed by atoms with van der Waals surface area (Å²) in [6, 6.07) is 20.1. The number of carbonyl (C=O) groups is 4. The molecule has 5 rings (SSSR count). The van der Waals surface area contributed by atoms with Gasteiger partial charge in [0, 0.05) is 6.42 Å². The molecule has 0 spiro atoms. The number of Topliss-reactive ketones (excluding diaryl/α,β-unsaturated/α-hetero) is 1. The van der Waals surface area contributed by atoms with Gasteiger partial charge in [-0.25, -0.2) is 9.59 Å². The number of anilines is 1. The lowest BCUT2D eigenvalue weighted by molar-refractivity contribution is 0.0723. The van der Waals surface area contributed by atoms with Crippen molar-refractivity contribution >= 4 is 29.3 Å². The zero-order chi connectivity index (χ0) is 36.6. The third-order valence-corrected chi connectivity index (χ3v) is 7.06. The summed E-state index contributed by atoms with van der Waals surface area (Å²) in [4.78, 5) is 54.3. The molecule has 7 heteroatoms. The van der Waals surface area contributed by atoms with Crippen molar-refractivity contribution in [2.45, 2.75) is 89.5 Å². The van der Waals surface area contributed by atoms with Crippen molar-refractivity contribution in [2.24, 2.45) is 0 Å². The van der Waals surface area contributed by atoms with E-state index in [-0.39, 0.29) is 51.6 Å². The maximum atomic E-state index is 13.7. The van der Waals surface area contributed by atoms with Crippen LogP contribution >= 0.6 is 0 Å². The molecule has 48 heavy (non-hydrogen) atoms. The lowest BCUT2D eigenvalue weighted by atomic mass is 9.93. The average Bonchev–Trinajstić information content (AvgIpc) is 3.11. The van der Waals surface area contributed by atoms with Crippen molar-refractivity contribution in [1.82, 2.24) is 0 Å². The minimum Gasteiger partial charge on any atom is -0.422 e. The smallest absolute Gasteiger partial charge is 0.345 e. The van der Waals surface area contributed by atoms with Crippen molar-refractivity contribution in [1.29, 1.82) is 0 Å². The van der Waals surface area contributed by atoms with Crippen LogP contribution in [0.2, 0.25) is 0 Å². The molecule has 0 radical (unpaired) electrons. The van der Waals surface area contributed by atoms with Gasteiger partial charge in [0.05, 0.1) is 27.9 Å². The lowest BCUT2D eigenvalue weighted by Crippen LogP contribution is -2.22. The van der Waals surface area contributed by atoms with Gasteiger partial charge in [0.1, 0.15) is 11.5 Å². The molecular weight excluding hydrogens is 602 g/mol. The molecule has 0 atom stereocenters. The first-order valence-electron chi connectivity index (χ1n) is 16.8. The Morgan fingerprint density at radius 1 is 0.479 bits per heavy atom. The van der Waals surface area contributed by atoms with Crippen LogP contribution in [-0.2, 0) is 6.42 Å². The monoisotopic (exact) mass is 653 g/mol. The zero-order valence-corrected chi connectivity index (χ0v) is 30.6. The number of rotatable bonds is 0. The van der Waals surface area contributed by atoms with Gasteiger partial charge in [0.25, 0.3) is 5.91 Å². The van der Waals surface area contributed by atoms with Crippen LogP contribution in [0.4, 0.5) is 5.69 Å². The van der Waals surface area contributed by atoms with Crippen LogP contribution in [0.1, 0.15) is 125 Å². The molecule has 0 fully saturated rings. The second-order valence-electron chi connectivity index (χ2n) is 9.83. The summed E-state index contributed by atoms with van der Waals surface area (Å²) in [6.45, 7) is 23.0. The Balaban J connectivity index is 0.00000134. The number of ketones is 1. The summed E-state index contributed by atoms with van der Waals surface area (Å²) in [6.07, 6.45) is -0.123. The molecular formula is C41H51NO6. The van der Waals surface area contributed by atoms with Gasteiger partial charge in [-0.3, -0.25) is 9.59 Å². The van der Waals surface area contributed by atoms with E-state index >= 15 is 0 Å². The fraction of sp³-hybridized carbons (Fsp3) is 0.317. The quantitative estimate of drug-likeness (QED) is 0.150. The topological polar surface area (TPSA) is 98.8 Å². The highest BCUT2D eigenvalue weighted by Crippen LogP contribution is 2.32. The summed E-state index contributed by atoms with van der Waals surface area (Å²) in [5.74, 6) is -2.07. The number of benzene rings is 4. The maximum absolute atomic E-state index is 13.7. The normalized spacial score (nSPS) is 11.9. The Bertz CT molecular complexity index is 1470. The summed E-state index contributed by atoms with van der Waals surface area (Å²) < 4.78 is 11.7. The van der Waals surface area contributed by atoms with Crippen LogP contribution in [0.15, 0.2) is 72.8 Å². The van der Waals surface area contributed by atoms with E-state index in [2.05, 4.69) is 5.32 Å². The molecule has 4 aromatic rings. The number of fused-ring (bicyclic) bond motifs is 4. The fourth-order valence-corrected chi connectivity index (χ4v) is 4.84. The van der Waals surface area contributed by atoms with Crippen molar-refractivity contribution in [3.05, 3.63) is 123 Å². The molecule has 1 amide bonds. The first-order chi connectivity index (χ1) is 23.2. The molecule has 0 unspecified atom stereocenters. The Morgan fingerprint density at radius 3 is 1.42 bits per heavy atom. The predicted octanol–water partition coefficient (Wildman–Crippen LogP) is 10.5. The third-order valence-electron chi connectivity index (χ3n) is 7.06. The summed E-state index contributed by atoms with van der Waals surface area (Å²) in [5, 5.41) is 2.82. The van der Waals surface area contributed by atoms with Crippen molar-refractivity contribution < 1.29 is 28.7 Å². The van der Waals surface area contributed by atoms with Crippen LogP contribution in [-0.4, -0.2) is 23.6 Å². The molecule has 0 saturated carbocycles. The number of esters is 2. The Hall–Kier alpha value is -5.04. The molecule has 0 saturated heterocycles. The molecule has 0 aliphatic carbocycles. The van der Waals surface area contributed by atoms with Gasteiger partial charge in [-0.2, -0.15) is 0 Å². The Kier molecular flexibility index (Phi) is 17.3. The van der Waals surface area contributed by atoms with Gasteiger partial charge in [-0.1, -0.05) is 104 Å². The van der Waals surface area contributed by atoms with Crippen LogP contribution in [0, 0.1) is 27.7 Å². The number of aryl methyl sites for hydroxylation is 4. The molecule has 1 N–H and O–H groups in total. The van der Waals surface area contributed by atoms with E-state index in [1.807, 2.05) is 55.4 Å². The largest absolute Gasteiger partial charge is 0.422 e. The van der Waals surface area contributed by atoms with E-state index in [9.17, 15) is 19.2 Å². The number of carbonyl (C=O) groups excluding carboxylic acids is 4. The van der Waals surface area contributed by atoms with E-state index in [1.54, 1.807) is 100 Å². The summed E-state index contributed by atoms with van der Waals surface area (Å²) >= 11 is 0. The van der Waals surface area contributed by atoms with E-state index in [0.29, 0.717) is 22.3 Å². The van der Waals surface area contributed by atoms with Crippen molar-refractivity contribution in [3.8, 4) is 11.5 Å². The standard InChI is InChI=1S/C33H27NO6.4C2H6/c1-18-9-5-13-22-26(18)17-27(35)23-14-7-11-20(3)29(23)39-33(38)24-15-6-10-19(2)28(24)34-31(36)25-16-8-12-21(4)30(25)40-32(22)37;4*1-2/h5-16H,17H2,1-4H3,(H,34,36);4*1-2H3. The highest BCUT2D eigenvalue weighted by molar-refractivity contribution is 6.11. The van der Waals surface area contributed by atoms with E-state index in [1.165, 1.54) is 0 Å². The number of ether oxygens (including phenoxy) is 2. The average molecular weight is 654 g/mol. The van der Waals surface area contributed by atoms with Crippen LogP contribution < -0.4 is 14.8 Å². The second kappa shape index (κ2) is 20.3. The van der Waals surface area contributed by atoms with Gasteiger partial charge < -0.3 is 14.8 Å². The van der Waals surface area contributed by atoms with Crippen molar-refractivity contribution in [3.63, 3.8) is 0 Å². The van der Waals surface area contributed by atoms with Crippen molar-refractivity contribution in [2.75, 3.05) is 5.32 Å². The van der Waals surface area contributed by atoms with Crippen LogP contribution in [0.25, 0.3) is 0 Å². The maximum Gasteiger partial charge on any atom is 0.345 e. The lowest BCUT2D eigenvalue weighted by Gasteiger charge is -2.19. The van der Waals surface area contributed by atoms with E-state index < -0.39 is 17.8 Å². The van der Waals surface area contributed by atoms with Crippen LogP contribution in [0.3, 0.4) is 0 Å². The number of amides is 1. The third kappa shape index (κ3) is 9.50. The number of para-hydroxylation sites is 3. The summed E-state index contributed by atoms with van der Waals surface area (Å²) in [5.41, 5.74) is 3.92. The minimum absolute atomic E-state index is 0.0922. The molecule has 1 aliphatic rings. The van der Waals surface area contributed by atoms with Crippen LogP contribution in [0.5, 0.6) is 11.5 Å². The first-order valence-corrected chi connectivity index (χ1v) is 16.8.